The molecule has 0 aromatic heterocycles. The van der Waals surface area contributed by atoms with Gasteiger partial charge in [0.1, 0.15) is 0 Å². The first-order valence-electron chi connectivity index (χ1n) is 4.51. The van der Waals surface area contributed by atoms with Crippen LogP contribution < -0.4 is 4.72 Å². The summed E-state index contributed by atoms with van der Waals surface area (Å²) in [5.74, 6) is 0. The van der Waals surface area contributed by atoms with Crippen molar-refractivity contribution in [3.63, 3.8) is 0 Å². The van der Waals surface area contributed by atoms with E-state index in [1.54, 1.807) is 18.2 Å². The highest BCUT2D eigenvalue weighted by molar-refractivity contribution is 14.1. The summed E-state index contributed by atoms with van der Waals surface area (Å²) >= 11 is 2.02. The van der Waals surface area contributed by atoms with Crippen LogP contribution in [0.2, 0.25) is 0 Å². The van der Waals surface area contributed by atoms with Crippen LogP contribution in [-0.2, 0) is 10.0 Å². The van der Waals surface area contributed by atoms with Gasteiger partial charge in [0, 0.05) is 9.11 Å². The van der Waals surface area contributed by atoms with Gasteiger partial charge < -0.3 is 0 Å². The van der Waals surface area contributed by atoms with Gasteiger partial charge in [-0.1, -0.05) is 12.1 Å². The van der Waals surface area contributed by atoms with Crippen molar-refractivity contribution in [3.8, 4) is 0 Å². The van der Waals surface area contributed by atoms with Gasteiger partial charge in [0.25, 0.3) is 0 Å². The number of halogens is 1. The molecule has 0 saturated heterocycles. The second-order valence-corrected chi connectivity index (χ2v) is 7.10. The fourth-order valence-electron chi connectivity index (χ4n) is 1.12. The van der Waals surface area contributed by atoms with Gasteiger partial charge in [-0.3, -0.25) is 0 Å². The molecular formula is C10H14INO2S. The number of nitrogens with one attached hydrogen (secondary N) is 1. The summed E-state index contributed by atoms with van der Waals surface area (Å²) in [6, 6.07) is 6.92. The Balaban J connectivity index is 3.13. The Morgan fingerprint density at radius 1 is 1.20 bits per heavy atom. The lowest BCUT2D eigenvalue weighted by Gasteiger charge is -2.20. The third-order valence-electron chi connectivity index (χ3n) is 1.57. The van der Waals surface area contributed by atoms with Gasteiger partial charge in [0.05, 0.1) is 4.90 Å². The topological polar surface area (TPSA) is 46.2 Å². The van der Waals surface area contributed by atoms with Gasteiger partial charge in [-0.25, -0.2) is 13.1 Å². The minimum Gasteiger partial charge on any atom is -0.207 e. The van der Waals surface area contributed by atoms with E-state index in [0.717, 1.165) is 3.57 Å². The maximum atomic E-state index is 12.0. The molecular weight excluding hydrogens is 325 g/mol. The van der Waals surface area contributed by atoms with Crippen molar-refractivity contribution in [1.82, 2.24) is 4.72 Å². The summed E-state index contributed by atoms with van der Waals surface area (Å²) in [6.45, 7) is 5.46. The average Bonchev–Trinajstić information content (AvgIpc) is 1.99. The van der Waals surface area contributed by atoms with Crippen LogP contribution >= 0.6 is 22.6 Å². The van der Waals surface area contributed by atoms with E-state index in [-0.39, 0.29) is 0 Å². The highest BCUT2D eigenvalue weighted by atomic mass is 127. The Kier molecular flexibility index (Phi) is 3.78. The second-order valence-electron chi connectivity index (χ2n) is 4.29. The van der Waals surface area contributed by atoms with E-state index in [1.165, 1.54) is 0 Å². The first-order chi connectivity index (χ1) is 6.72. The van der Waals surface area contributed by atoms with Crippen molar-refractivity contribution < 1.29 is 8.42 Å². The minimum atomic E-state index is -3.41. The fourth-order valence-corrected chi connectivity index (χ4v) is 3.88. The lowest BCUT2D eigenvalue weighted by molar-refractivity contribution is 0.491. The molecule has 3 nitrogen and oxygen atoms in total. The molecule has 0 spiro atoms. The molecule has 5 heteroatoms. The quantitative estimate of drug-likeness (QED) is 0.841. The summed E-state index contributed by atoms with van der Waals surface area (Å²) in [6.07, 6.45) is 0. The van der Waals surface area contributed by atoms with Crippen molar-refractivity contribution in [1.29, 1.82) is 0 Å². The Hall–Kier alpha value is -0.140. The lowest BCUT2D eigenvalue weighted by Crippen LogP contribution is -2.40. The predicted octanol–water partition coefficient (Wildman–Crippen LogP) is 2.37. The second kappa shape index (κ2) is 4.39. The molecule has 0 fully saturated rings. The average molecular weight is 339 g/mol. The third-order valence-corrected chi connectivity index (χ3v) is 4.69. The summed E-state index contributed by atoms with van der Waals surface area (Å²) < 4.78 is 27.3. The van der Waals surface area contributed by atoms with E-state index < -0.39 is 15.6 Å². The summed E-state index contributed by atoms with van der Waals surface area (Å²) in [4.78, 5) is 0.334. The number of rotatable bonds is 2. The number of hydrogen-bond donors (Lipinski definition) is 1. The van der Waals surface area contributed by atoms with E-state index >= 15 is 0 Å². The molecule has 1 rings (SSSR count). The molecule has 1 aromatic rings. The fraction of sp³-hybridized carbons (Fsp3) is 0.400. The first kappa shape index (κ1) is 12.9. The van der Waals surface area contributed by atoms with Crippen molar-refractivity contribution in [2.75, 3.05) is 0 Å². The highest BCUT2D eigenvalue weighted by Gasteiger charge is 2.23. The molecule has 0 saturated carbocycles. The van der Waals surface area contributed by atoms with Gasteiger partial charge in [-0.2, -0.15) is 0 Å². The molecule has 1 aromatic carbocycles. The van der Waals surface area contributed by atoms with Gasteiger partial charge >= 0.3 is 0 Å². The third kappa shape index (κ3) is 3.73. The van der Waals surface area contributed by atoms with Crippen LogP contribution in [0.25, 0.3) is 0 Å². The molecule has 0 heterocycles. The van der Waals surface area contributed by atoms with Crippen molar-refractivity contribution in [2.24, 2.45) is 0 Å². The highest BCUT2D eigenvalue weighted by Crippen LogP contribution is 2.18. The first-order valence-corrected chi connectivity index (χ1v) is 7.07. The van der Waals surface area contributed by atoms with Crippen LogP contribution in [0.1, 0.15) is 20.8 Å². The van der Waals surface area contributed by atoms with E-state index in [2.05, 4.69) is 4.72 Å². The van der Waals surface area contributed by atoms with Gasteiger partial charge in [-0.15, -0.1) is 0 Å². The predicted molar refractivity (Wildman–Crippen MR) is 69.2 cm³/mol. The molecule has 0 unspecified atom stereocenters. The number of sulfonamides is 1. The largest absolute Gasteiger partial charge is 0.242 e. The zero-order valence-corrected chi connectivity index (χ0v) is 11.9. The lowest BCUT2D eigenvalue weighted by atomic mass is 10.1. The van der Waals surface area contributed by atoms with E-state index in [4.69, 9.17) is 0 Å². The van der Waals surface area contributed by atoms with Crippen LogP contribution in [0.4, 0.5) is 0 Å². The maximum Gasteiger partial charge on any atom is 0.242 e. The summed E-state index contributed by atoms with van der Waals surface area (Å²) in [5, 5.41) is 0. The van der Waals surface area contributed by atoms with Crippen LogP contribution in [0.5, 0.6) is 0 Å². The molecule has 84 valence electrons. The van der Waals surface area contributed by atoms with Gasteiger partial charge in [0.15, 0.2) is 0 Å². The molecule has 0 radical (unpaired) electrons. The standard InChI is InChI=1S/C10H14INO2S/c1-10(2,3)12-15(13,14)9-7-5-4-6-8(9)11/h4-7,12H,1-3H3. The zero-order valence-electron chi connectivity index (χ0n) is 8.91. The molecule has 0 aliphatic carbocycles. The Bertz CT molecular complexity index is 449. The zero-order chi connectivity index (χ0) is 11.7. The van der Waals surface area contributed by atoms with Crippen molar-refractivity contribution >= 4 is 32.6 Å². The maximum absolute atomic E-state index is 12.0. The van der Waals surface area contributed by atoms with Gasteiger partial charge in [0.2, 0.25) is 10.0 Å². The van der Waals surface area contributed by atoms with Crippen LogP contribution in [0.3, 0.4) is 0 Å². The van der Waals surface area contributed by atoms with Crippen LogP contribution in [0, 0.1) is 3.57 Å². The van der Waals surface area contributed by atoms with Crippen LogP contribution in [0.15, 0.2) is 29.2 Å². The van der Waals surface area contributed by atoms with Crippen LogP contribution in [-0.4, -0.2) is 14.0 Å². The molecule has 0 aliphatic rings. The van der Waals surface area contributed by atoms with E-state index in [9.17, 15) is 8.42 Å². The minimum absolute atomic E-state index is 0.334. The molecule has 15 heavy (non-hydrogen) atoms. The Morgan fingerprint density at radius 3 is 2.20 bits per heavy atom. The SMILES string of the molecule is CC(C)(C)NS(=O)(=O)c1ccccc1I. The summed E-state index contributed by atoms with van der Waals surface area (Å²) in [7, 11) is -3.41. The monoisotopic (exact) mass is 339 g/mol. The molecule has 1 N–H and O–H groups in total. The molecule has 0 amide bonds. The number of benzene rings is 1. The Labute approximate surface area is 104 Å². The molecule has 0 atom stereocenters. The van der Waals surface area contributed by atoms with E-state index in [1.807, 2.05) is 49.4 Å². The Morgan fingerprint density at radius 2 is 1.73 bits per heavy atom. The normalized spacial score (nSPS) is 12.8. The van der Waals surface area contributed by atoms with Crippen molar-refractivity contribution in [3.05, 3.63) is 27.8 Å². The summed E-state index contributed by atoms with van der Waals surface area (Å²) in [5.41, 5.74) is -0.461. The van der Waals surface area contributed by atoms with E-state index in [0.29, 0.717) is 4.90 Å². The number of hydrogen-bond acceptors (Lipinski definition) is 2. The molecule has 0 bridgehead atoms. The van der Waals surface area contributed by atoms with Gasteiger partial charge in [-0.05, 0) is 55.5 Å². The van der Waals surface area contributed by atoms with Crippen molar-refractivity contribution in [2.45, 2.75) is 31.2 Å². The molecule has 0 aliphatic heterocycles. The smallest absolute Gasteiger partial charge is 0.207 e.